The molecular weight excluding hydrogens is 198 g/mol. The molecule has 0 aromatic heterocycles. The minimum absolute atomic E-state index is 0.122. The highest BCUT2D eigenvalue weighted by Crippen LogP contribution is 2.19. The molecule has 16 heavy (non-hydrogen) atoms. The van der Waals surface area contributed by atoms with Crippen LogP contribution in [0.2, 0.25) is 0 Å². The van der Waals surface area contributed by atoms with Gasteiger partial charge in [0.15, 0.2) is 0 Å². The predicted molar refractivity (Wildman–Crippen MR) is 70.0 cm³/mol. The maximum Gasteiger partial charge on any atom is 0.0954 e. The lowest BCUT2D eigenvalue weighted by Crippen LogP contribution is -2.08. The summed E-state index contributed by atoms with van der Waals surface area (Å²) in [7, 11) is 4.01. The van der Waals surface area contributed by atoms with Crippen LogP contribution >= 0.6 is 0 Å². The Bertz CT molecular complexity index is 407. The quantitative estimate of drug-likeness (QED) is 0.698. The van der Waals surface area contributed by atoms with Crippen LogP contribution in [0.5, 0.6) is 0 Å². The Morgan fingerprint density at radius 1 is 1.19 bits per heavy atom. The first kappa shape index (κ1) is 12.5. The van der Waals surface area contributed by atoms with Crippen molar-refractivity contribution in [1.29, 1.82) is 0 Å². The van der Waals surface area contributed by atoms with Crippen LogP contribution in [0.1, 0.15) is 20.8 Å². The van der Waals surface area contributed by atoms with E-state index in [1.54, 1.807) is 0 Å². The second-order valence-electron chi connectivity index (χ2n) is 4.91. The molecule has 0 aliphatic rings. The molecule has 0 amide bonds. The van der Waals surface area contributed by atoms with Crippen molar-refractivity contribution in [3.63, 3.8) is 0 Å². The normalized spacial score (nSPS) is 10.6. The van der Waals surface area contributed by atoms with Gasteiger partial charge in [0.2, 0.25) is 0 Å². The van der Waals surface area contributed by atoms with Gasteiger partial charge in [-0.15, -0.1) is 0 Å². The van der Waals surface area contributed by atoms with Crippen molar-refractivity contribution < 1.29 is 0 Å². The molecule has 3 heteroatoms. The molecule has 0 saturated heterocycles. The summed E-state index contributed by atoms with van der Waals surface area (Å²) in [5.74, 6) is 0. The molecule has 86 valence electrons. The Morgan fingerprint density at radius 2 is 1.88 bits per heavy atom. The van der Waals surface area contributed by atoms with Crippen molar-refractivity contribution in [2.24, 2.45) is 9.98 Å². The average Bonchev–Trinajstić information content (AvgIpc) is 2.16. The third-order valence-corrected chi connectivity index (χ3v) is 1.91. The molecule has 1 aromatic carbocycles. The fraction of sp³-hybridized carbons (Fsp3) is 0.462. The highest BCUT2D eigenvalue weighted by atomic mass is 15.1. The molecule has 3 nitrogen and oxygen atoms in total. The van der Waals surface area contributed by atoms with Crippen molar-refractivity contribution in [2.45, 2.75) is 26.3 Å². The molecule has 0 saturated carbocycles. The molecule has 0 spiro atoms. The van der Waals surface area contributed by atoms with E-state index in [4.69, 9.17) is 0 Å². The highest BCUT2D eigenvalue weighted by Gasteiger charge is 2.04. The van der Waals surface area contributed by atoms with E-state index in [-0.39, 0.29) is 5.54 Å². The maximum atomic E-state index is 4.20. The standard InChI is InChI=1S/C13H19N3/c1-13(2,3)15-10-14-11-7-6-8-12(9-11)16(4)5/h6-9H,1-5H3. The third kappa shape index (κ3) is 4.28. The summed E-state index contributed by atoms with van der Waals surface area (Å²) >= 11 is 0. The molecule has 0 heterocycles. The van der Waals surface area contributed by atoms with Crippen LogP contribution in [-0.4, -0.2) is 25.6 Å². The molecule has 0 fully saturated rings. The van der Waals surface area contributed by atoms with Crippen LogP contribution in [0.3, 0.4) is 0 Å². The summed E-state index contributed by atoms with van der Waals surface area (Å²) in [6.07, 6.45) is 0. The van der Waals surface area contributed by atoms with Crippen molar-refractivity contribution in [3.05, 3.63) is 24.3 Å². The molecule has 0 unspecified atom stereocenters. The number of anilines is 1. The van der Waals surface area contributed by atoms with E-state index in [0.29, 0.717) is 0 Å². The lowest BCUT2D eigenvalue weighted by molar-refractivity contribution is 0.587. The van der Waals surface area contributed by atoms with Gasteiger partial charge >= 0.3 is 0 Å². The fourth-order valence-electron chi connectivity index (χ4n) is 1.07. The van der Waals surface area contributed by atoms with Crippen LogP contribution in [0.4, 0.5) is 11.4 Å². The van der Waals surface area contributed by atoms with Gasteiger partial charge in [0.1, 0.15) is 0 Å². The number of benzene rings is 1. The first-order valence-electron chi connectivity index (χ1n) is 5.33. The highest BCUT2D eigenvalue weighted by molar-refractivity contribution is 5.59. The predicted octanol–water partition coefficient (Wildman–Crippen LogP) is 3.36. The van der Waals surface area contributed by atoms with Crippen molar-refractivity contribution in [1.82, 2.24) is 0 Å². The van der Waals surface area contributed by atoms with Crippen molar-refractivity contribution in [2.75, 3.05) is 19.0 Å². The zero-order chi connectivity index (χ0) is 12.2. The van der Waals surface area contributed by atoms with Gasteiger partial charge in [-0.3, -0.25) is 0 Å². The Balaban J connectivity index is 2.90. The molecule has 0 aliphatic heterocycles. The minimum Gasteiger partial charge on any atom is -0.378 e. The maximum absolute atomic E-state index is 4.20. The van der Waals surface area contributed by atoms with Crippen molar-refractivity contribution in [3.8, 4) is 0 Å². The van der Waals surface area contributed by atoms with Crippen LogP contribution in [0.25, 0.3) is 0 Å². The first-order valence-corrected chi connectivity index (χ1v) is 5.33. The zero-order valence-corrected chi connectivity index (χ0v) is 10.7. The molecule has 1 aromatic rings. The zero-order valence-electron chi connectivity index (χ0n) is 10.7. The smallest absolute Gasteiger partial charge is 0.0954 e. The summed E-state index contributed by atoms with van der Waals surface area (Å²) < 4.78 is 0. The minimum atomic E-state index is -0.122. The lowest BCUT2D eigenvalue weighted by atomic mass is 10.1. The molecular formula is C13H19N3. The van der Waals surface area contributed by atoms with Crippen LogP contribution in [0.15, 0.2) is 34.3 Å². The van der Waals surface area contributed by atoms with Gasteiger partial charge in [0, 0.05) is 19.8 Å². The number of aliphatic imine (C=N–C) groups is 2. The third-order valence-electron chi connectivity index (χ3n) is 1.91. The van der Waals surface area contributed by atoms with Crippen LogP contribution in [-0.2, 0) is 0 Å². The molecule has 0 atom stereocenters. The van der Waals surface area contributed by atoms with E-state index < -0.39 is 0 Å². The first-order chi connectivity index (χ1) is 7.38. The van der Waals surface area contributed by atoms with Crippen LogP contribution in [0, 0.1) is 0 Å². The second kappa shape index (κ2) is 4.95. The second-order valence-corrected chi connectivity index (χ2v) is 4.91. The summed E-state index contributed by atoms with van der Waals surface area (Å²) in [6, 6.07) is 10.7. The number of nitrogens with zero attached hydrogens (tertiary/aromatic N) is 3. The summed E-state index contributed by atoms with van der Waals surface area (Å²) in [5, 5.41) is 0. The van der Waals surface area contributed by atoms with Gasteiger partial charge < -0.3 is 4.90 Å². The topological polar surface area (TPSA) is 28.0 Å². The van der Waals surface area contributed by atoms with E-state index in [9.17, 15) is 0 Å². The SMILES string of the molecule is CN(C)c1cccc(N=C=NC(C)(C)C)c1. The lowest BCUT2D eigenvalue weighted by Gasteiger charge is -2.11. The fourth-order valence-corrected chi connectivity index (χ4v) is 1.07. The largest absolute Gasteiger partial charge is 0.378 e. The van der Waals surface area contributed by atoms with Crippen LogP contribution < -0.4 is 4.90 Å². The van der Waals surface area contributed by atoms with E-state index in [1.165, 1.54) is 0 Å². The van der Waals surface area contributed by atoms with Gasteiger partial charge in [-0.2, -0.15) is 4.99 Å². The Morgan fingerprint density at radius 3 is 2.44 bits per heavy atom. The number of hydrogen-bond acceptors (Lipinski definition) is 3. The number of hydrogen-bond donors (Lipinski definition) is 0. The van der Waals surface area contributed by atoms with E-state index in [1.807, 2.05) is 64.0 Å². The molecule has 0 N–H and O–H groups in total. The Kier molecular flexibility index (Phi) is 3.86. The van der Waals surface area contributed by atoms with Crippen molar-refractivity contribution >= 4 is 17.4 Å². The average molecular weight is 217 g/mol. The molecule has 0 bridgehead atoms. The Hall–Kier alpha value is -1.60. The van der Waals surface area contributed by atoms with Gasteiger partial charge in [-0.1, -0.05) is 6.07 Å². The van der Waals surface area contributed by atoms with Gasteiger partial charge in [0.05, 0.1) is 17.2 Å². The molecule has 1 rings (SSSR count). The Labute approximate surface area is 97.5 Å². The summed E-state index contributed by atoms with van der Waals surface area (Å²) in [5.41, 5.74) is 1.88. The van der Waals surface area contributed by atoms with Gasteiger partial charge in [-0.25, -0.2) is 4.99 Å². The molecule has 0 radical (unpaired) electrons. The number of rotatable bonds is 2. The van der Waals surface area contributed by atoms with E-state index in [0.717, 1.165) is 11.4 Å². The molecule has 0 aliphatic carbocycles. The van der Waals surface area contributed by atoms with E-state index >= 15 is 0 Å². The summed E-state index contributed by atoms with van der Waals surface area (Å²) in [6.45, 7) is 6.06. The van der Waals surface area contributed by atoms with Gasteiger partial charge in [0.25, 0.3) is 0 Å². The van der Waals surface area contributed by atoms with Gasteiger partial charge in [-0.05, 0) is 39.0 Å². The monoisotopic (exact) mass is 217 g/mol. The summed E-state index contributed by atoms with van der Waals surface area (Å²) in [4.78, 5) is 10.4. The van der Waals surface area contributed by atoms with E-state index in [2.05, 4.69) is 16.0 Å².